The molecule has 0 spiro atoms. The lowest BCUT2D eigenvalue weighted by molar-refractivity contribution is -0.540. The second kappa shape index (κ2) is 11.1. The molecular weight excluding hydrogens is 502 g/mol. The molecule has 9 nitrogen and oxygen atoms in total. The number of methoxy groups -OCH3 is 2. The summed E-state index contributed by atoms with van der Waals surface area (Å²) in [7, 11) is 3.13. The van der Waals surface area contributed by atoms with Crippen molar-refractivity contribution < 1.29 is 33.5 Å². The molecule has 5 rings (SSSR count). The lowest BCUT2D eigenvalue weighted by Gasteiger charge is -2.39. The van der Waals surface area contributed by atoms with Crippen LogP contribution in [0, 0.1) is 27.9 Å². The number of ether oxygens (including phenoxy) is 4. The lowest BCUT2D eigenvalue weighted by atomic mass is 9.62. The number of Topliss-reactive ketones (excluding diaryl/α,β-unsaturated/α-hetero) is 1. The number of hydrogen-bond acceptors (Lipinski definition) is 8. The maximum atomic E-state index is 13.7. The first kappa shape index (κ1) is 26.2. The number of carbonyl (C=O) groups is 2. The van der Waals surface area contributed by atoms with E-state index in [2.05, 4.69) is 0 Å². The van der Waals surface area contributed by atoms with Gasteiger partial charge in [-0.15, -0.1) is 0 Å². The Kier molecular flexibility index (Phi) is 7.49. The van der Waals surface area contributed by atoms with Crippen LogP contribution in [0.4, 0.5) is 0 Å². The Morgan fingerprint density at radius 3 is 2.51 bits per heavy atom. The molecule has 2 unspecified atom stereocenters. The Morgan fingerprint density at radius 1 is 1.08 bits per heavy atom. The van der Waals surface area contributed by atoms with Gasteiger partial charge in [-0.2, -0.15) is 0 Å². The molecule has 0 N–H and O–H groups in total. The molecular formula is C30H29NO8. The van der Waals surface area contributed by atoms with Gasteiger partial charge in [0.05, 0.1) is 26.1 Å². The number of hydrogen-bond donors (Lipinski definition) is 0. The predicted molar refractivity (Wildman–Crippen MR) is 142 cm³/mol. The second-order valence-electron chi connectivity index (χ2n) is 9.80. The molecule has 0 saturated heterocycles. The highest BCUT2D eigenvalue weighted by molar-refractivity contribution is 6.10. The number of carbonyl (C=O) groups excluding carboxylic acids is 2. The van der Waals surface area contributed by atoms with Crippen LogP contribution in [0.2, 0.25) is 0 Å². The van der Waals surface area contributed by atoms with E-state index < -0.39 is 29.6 Å². The highest BCUT2D eigenvalue weighted by Crippen LogP contribution is 2.47. The van der Waals surface area contributed by atoms with Crippen LogP contribution in [0.5, 0.6) is 17.2 Å². The van der Waals surface area contributed by atoms with Crippen LogP contribution in [0.3, 0.4) is 0 Å². The fourth-order valence-corrected chi connectivity index (χ4v) is 5.76. The van der Waals surface area contributed by atoms with Gasteiger partial charge in [-0.1, -0.05) is 30.4 Å². The summed E-state index contributed by atoms with van der Waals surface area (Å²) in [4.78, 5) is 39.6. The maximum absolute atomic E-state index is 13.7. The summed E-state index contributed by atoms with van der Waals surface area (Å²) in [5.74, 6) is -1.49. The van der Waals surface area contributed by atoms with Gasteiger partial charge in [-0.3, -0.25) is 19.7 Å². The molecule has 0 aromatic heterocycles. The van der Waals surface area contributed by atoms with E-state index in [1.807, 2.05) is 12.2 Å². The van der Waals surface area contributed by atoms with Gasteiger partial charge in [-0.25, -0.2) is 0 Å². The zero-order chi connectivity index (χ0) is 27.5. The van der Waals surface area contributed by atoms with Gasteiger partial charge < -0.3 is 18.9 Å². The topological polar surface area (TPSA) is 114 Å². The van der Waals surface area contributed by atoms with Crippen LogP contribution in [0.15, 0.2) is 72.5 Å². The summed E-state index contributed by atoms with van der Waals surface area (Å²) in [6, 6.07) is 11.0. The normalized spacial score (nSPS) is 25.8. The summed E-state index contributed by atoms with van der Waals surface area (Å²) in [5, 5.41) is 12.7. The van der Waals surface area contributed by atoms with E-state index in [1.165, 1.54) is 6.08 Å². The number of ketones is 2. The minimum absolute atomic E-state index is 0.0394. The van der Waals surface area contributed by atoms with Crippen molar-refractivity contribution in [3.8, 4) is 17.2 Å². The highest BCUT2D eigenvalue weighted by atomic mass is 16.7. The van der Waals surface area contributed by atoms with Gasteiger partial charge in [0.15, 0.2) is 17.3 Å². The van der Waals surface area contributed by atoms with E-state index in [9.17, 15) is 19.7 Å². The third-order valence-corrected chi connectivity index (χ3v) is 7.72. The van der Waals surface area contributed by atoms with E-state index in [-0.39, 0.29) is 29.8 Å². The molecule has 2 aromatic rings. The van der Waals surface area contributed by atoms with E-state index in [0.717, 1.165) is 5.56 Å². The molecule has 1 fully saturated rings. The zero-order valence-corrected chi connectivity index (χ0v) is 21.6. The molecule has 5 atom stereocenters. The van der Waals surface area contributed by atoms with Gasteiger partial charge in [0.1, 0.15) is 17.3 Å². The van der Waals surface area contributed by atoms with Crippen molar-refractivity contribution in [3.05, 3.63) is 93.8 Å². The number of allylic oxidation sites excluding steroid dienone is 4. The largest absolute Gasteiger partial charge is 0.497 e. The molecule has 1 heterocycles. The smallest absolute Gasteiger partial charge is 0.231 e. The number of benzene rings is 2. The van der Waals surface area contributed by atoms with E-state index in [0.29, 0.717) is 35.0 Å². The maximum Gasteiger partial charge on any atom is 0.231 e. The van der Waals surface area contributed by atoms with Gasteiger partial charge in [-0.05, 0) is 66.0 Å². The van der Waals surface area contributed by atoms with Crippen molar-refractivity contribution in [2.75, 3.05) is 21.0 Å². The Morgan fingerprint density at radius 2 is 1.85 bits per heavy atom. The van der Waals surface area contributed by atoms with Gasteiger partial charge in [0, 0.05) is 17.3 Å². The minimum atomic E-state index is -1.20. The van der Waals surface area contributed by atoms with Crippen LogP contribution in [0.1, 0.15) is 29.9 Å². The Balaban J connectivity index is 1.52. The first-order chi connectivity index (χ1) is 18.9. The van der Waals surface area contributed by atoms with Crippen molar-refractivity contribution in [3.63, 3.8) is 0 Å². The number of nitrogens with zero attached hydrogens (tertiary/aromatic N) is 1. The third-order valence-electron chi connectivity index (χ3n) is 7.72. The minimum Gasteiger partial charge on any atom is -0.497 e. The van der Waals surface area contributed by atoms with Crippen molar-refractivity contribution in [2.24, 2.45) is 17.8 Å². The predicted octanol–water partition coefficient (Wildman–Crippen LogP) is 4.75. The molecule has 0 amide bonds. The molecule has 3 aliphatic rings. The molecule has 0 bridgehead atoms. The van der Waals surface area contributed by atoms with Crippen LogP contribution in [0.25, 0.3) is 6.08 Å². The van der Waals surface area contributed by atoms with Crippen molar-refractivity contribution >= 4 is 17.6 Å². The monoisotopic (exact) mass is 531 g/mol. The van der Waals surface area contributed by atoms with Gasteiger partial charge in [0.2, 0.25) is 12.8 Å². The summed E-state index contributed by atoms with van der Waals surface area (Å²) < 4.78 is 21.4. The molecule has 0 radical (unpaired) electrons. The van der Waals surface area contributed by atoms with Crippen molar-refractivity contribution in [1.29, 1.82) is 0 Å². The summed E-state index contributed by atoms with van der Waals surface area (Å²) >= 11 is 0. The van der Waals surface area contributed by atoms with Crippen molar-refractivity contribution in [2.45, 2.75) is 24.8 Å². The average molecular weight is 532 g/mol. The van der Waals surface area contributed by atoms with Crippen molar-refractivity contribution in [1.82, 2.24) is 0 Å². The van der Waals surface area contributed by atoms with E-state index in [1.54, 1.807) is 68.8 Å². The summed E-state index contributed by atoms with van der Waals surface area (Å²) in [6.07, 6.45) is 8.92. The molecule has 2 aliphatic carbocycles. The first-order valence-corrected chi connectivity index (χ1v) is 12.7. The lowest BCUT2D eigenvalue weighted by Crippen LogP contribution is -2.51. The second-order valence-corrected chi connectivity index (χ2v) is 9.80. The Bertz CT molecular complexity index is 1360. The third kappa shape index (κ3) is 5.30. The Labute approximate surface area is 225 Å². The van der Waals surface area contributed by atoms with Crippen LogP contribution in [-0.2, 0) is 14.3 Å². The van der Waals surface area contributed by atoms with Crippen LogP contribution >= 0.6 is 0 Å². The number of rotatable bonds is 8. The quantitative estimate of drug-likeness (QED) is 0.208. The van der Waals surface area contributed by atoms with E-state index in [4.69, 9.17) is 18.9 Å². The fourth-order valence-electron chi connectivity index (χ4n) is 5.76. The summed E-state index contributed by atoms with van der Waals surface area (Å²) in [6.45, 7) is 0.0394. The van der Waals surface area contributed by atoms with Gasteiger partial charge in [0.25, 0.3) is 0 Å². The fraction of sp³-hybridized carbons (Fsp3) is 0.333. The molecule has 202 valence electrons. The first-order valence-electron chi connectivity index (χ1n) is 12.7. The molecule has 1 saturated carbocycles. The van der Waals surface area contributed by atoms with Crippen LogP contribution in [-0.4, -0.2) is 43.5 Å². The molecule has 9 heteroatoms. The molecule has 2 aromatic carbocycles. The zero-order valence-electron chi connectivity index (χ0n) is 21.6. The summed E-state index contributed by atoms with van der Waals surface area (Å²) in [5.41, 5.74) is 1.24. The number of fused-ring (bicyclic) bond motifs is 1. The standard InChI is InChI=1S/C30H29NO8/c1-36-21-9-3-18(4-10-21)5-13-24(32)29-25(33)16-23(19-6-11-22(37-2)12-7-19)30(31(34)35)28(29)20-8-14-26-27(15-20)39-17-38-26/h3-6,8-15,19,23,28-30H,7,16-17H2,1-2H3/b13-5+/t19?,23-,28+,29?,30+/m1/s1. The molecule has 39 heavy (non-hydrogen) atoms. The van der Waals surface area contributed by atoms with Crippen LogP contribution < -0.4 is 14.2 Å². The molecule has 1 aliphatic heterocycles. The van der Waals surface area contributed by atoms with Gasteiger partial charge >= 0.3 is 0 Å². The number of nitro groups is 1. The average Bonchev–Trinajstić information content (AvgIpc) is 3.43. The highest BCUT2D eigenvalue weighted by Gasteiger charge is 2.55. The Hall–Kier alpha value is -4.40. The van der Waals surface area contributed by atoms with E-state index >= 15 is 0 Å². The SMILES string of the molecule is COC1=CCC([C@H]2CC(=O)C(C(=O)/C=C/c3ccc(OC)cc3)[C@H](c3ccc4c(c3)OCO4)[C@H]2[N+](=O)[O-])C=C1.